The molecule has 1 aliphatic carbocycles. The van der Waals surface area contributed by atoms with Crippen LogP contribution >= 0.6 is 0 Å². The van der Waals surface area contributed by atoms with E-state index in [-0.39, 0.29) is 0 Å². The largest absolute Gasteiger partial charge is 0.327 e. The van der Waals surface area contributed by atoms with Crippen LogP contribution in [0.25, 0.3) is 0 Å². The second-order valence-corrected chi connectivity index (χ2v) is 5.27. The lowest BCUT2D eigenvalue weighted by Gasteiger charge is -2.18. The van der Waals surface area contributed by atoms with Gasteiger partial charge in [-0.3, -0.25) is 0 Å². The number of nitrogens with one attached hydrogen (secondary N) is 1. The third-order valence-corrected chi connectivity index (χ3v) is 4.36. The lowest BCUT2D eigenvalue weighted by Crippen LogP contribution is -2.29. The Kier molecular flexibility index (Phi) is 2.70. The molecule has 4 atom stereocenters. The van der Waals surface area contributed by atoms with Gasteiger partial charge >= 0.3 is 0 Å². The van der Waals surface area contributed by atoms with Gasteiger partial charge in [-0.2, -0.15) is 0 Å². The average Bonchev–Trinajstić information content (AvgIpc) is 2.86. The topological polar surface area (TPSA) is 38.0 Å². The van der Waals surface area contributed by atoms with Crippen LogP contribution in [0.3, 0.4) is 0 Å². The van der Waals surface area contributed by atoms with E-state index in [2.05, 4.69) is 35.6 Å². The van der Waals surface area contributed by atoms with E-state index in [0.717, 1.165) is 24.8 Å². The molecule has 16 heavy (non-hydrogen) atoms. The van der Waals surface area contributed by atoms with Crippen LogP contribution in [0, 0.1) is 11.8 Å². The van der Waals surface area contributed by atoms with E-state index < -0.39 is 0 Å². The molecule has 2 heteroatoms. The molecule has 1 aliphatic heterocycles. The van der Waals surface area contributed by atoms with Crippen molar-refractivity contribution in [3.8, 4) is 0 Å². The minimum Gasteiger partial charge on any atom is -0.327 e. The van der Waals surface area contributed by atoms with Crippen molar-refractivity contribution < 1.29 is 0 Å². The van der Waals surface area contributed by atoms with Gasteiger partial charge in [0.1, 0.15) is 0 Å². The highest BCUT2D eigenvalue weighted by Crippen LogP contribution is 2.38. The average molecular weight is 216 g/mol. The highest BCUT2D eigenvalue weighted by molar-refractivity contribution is 5.17. The van der Waals surface area contributed by atoms with Gasteiger partial charge in [-0.05, 0) is 36.7 Å². The van der Waals surface area contributed by atoms with Crippen molar-refractivity contribution in [1.82, 2.24) is 5.32 Å². The van der Waals surface area contributed by atoms with Crippen LogP contribution < -0.4 is 11.1 Å². The first kappa shape index (κ1) is 10.3. The van der Waals surface area contributed by atoms with E-state index >= 15 is 0 Å². The van der Waals surface area contributed by atoms with E-state index in [1.165, 1.54) is 18.4 Å². The molecule has 1 saturated carbocycles. The van der Waals surface area contributed by atoms with Crippen LogP contribution in [0.15, 0.2) is 30.3 Å². The molecular formula is C14H20N2. The highest BCUT2D eigenvalue weighted by atomic mass is 15.0. The van der Waals surface area contributed by atoms with Gasteiger partial charge in [0.2, 0.25) is 0 Å². The van der Waals surface area contributed by atoms with Crippen LogP contribution in [-0.4, -0.2) is 18.6 Å². The Balaban J connectivity index is 1.69. The summed E-state index contributed by atoms with van der Waals surface area (Å²) in [6.07, 6.45) is 3.70. The molecule has 86 valence electrons. The lowest BCUT2D eigenvalue weighted by atomic mass is 9.89. The minimum absolute atomic E-state index is 0.443. The summed E-state index contributed by atoms with van der Waals surface area (Å²) >= 11 is 0. The van der Waals surface area contributed by atoms with Gasteiger partial charge in [0, 0.05) is 18.6 Å². The zero-order valence-corrected chi connectivity index (χ0v) is 9.60. The Bertz CT molecular complexity index is 349. The predicted octanol–water partition coefficient (Wildman–Crippen LogP) is 1.55. The lowest BCUT2D eigenvalue weighted by molar-refractivity contribution is 0.396. The summed E-state index contributed by atoms with van der Waals surface area (Å²) in [5, 5.41) is 3.66. The number of hydrogen-bond donors (Lipinski definition) is 2. The smallest absolute Gasteiger partial charge is 0.0140 e. The van der Waals surface area contributed by atoms with Gasteiger partial charge in [-0.15, -0.1) is 0 Å². The van der Waals surface area contributed by atoms with Gasteiger partial charge in [-0.25, -0.2) is 0 Å². The molecule has 3 N–H and O–H groups in total. The maximum Gasteiger partial charge on any atom is 0.0140 e. The summed E-state index contributed by atoms with van der Waals surface area (Å²) in [5.41, 5.74) is 7.58. The number of nitrogens with two attached hydrogens (primary N) is 1. The second-order valence-electron chi connectivity index (χ2n) is 5.27. The second kappa shape index (κ2) is 4.19. The van der Waals surface area contributed by atoms with Crippen LogP contribution in [0.2, 0.25) is 0 Å². The zero-order valence-electron chi connectivity index (χ0n) is 9.60. The zero-order chi connectivity index (χ0) is 11.0. The first-order valence-electron chi connectivity index (χ1n) is 6.37. The van der Waals surface area contributed by atoms with Crippen molar-refractivity contribution in [3.05, 3.63) is 35.9 Å². The van der Waals surface area contributed by atoms with Crippen molar-refractivity contribution in [2.45, 2.75) is 31.3 Å². The molecule has 1 heterocycles. The number of benzene rings is 1. The van der Waals surface area contributed by atoms with Crippen molar-refractivity contribution >= 4 is 0 Å². The maximum absolute atomic E-state index is 6.14. The molecule has 4 unspecified atom stereocenters. The number of rotatable bonds is 2. The van der Waals surface area contributed by atoms with E-state index in [0.29, 0.717) is 12.1 Å². The predicted molar refractivity (Wildman–Crippen MR) is 66.1 cm³/mol. The monoisotopic (exact) mass is 216 g/mol. The third kappa shape index (κ3) is 1.76. The Morgan fingerprint density at radius 2 is 1.94 bits per heavy atom. The van der Waals surface area contributed by atoms with E-state index in [1.807, 2.05) is 0 Å². The van der Waals surface area contributed by atoms with Gasteiger partial charge in [0.25, 0.3) is 0 Å². The van der Waals surface area contributed by atoms with Crippen LogP contribution in [0.4, 0.5) is 0 Å². The molecule has 1 saturated heterocycles. The summed E-state index contributed by atoms with van der Waals surface area (Å²) in [6, 6.07) is 11.9. The molecule has 2 aliphatic rings. The highest BCUT2D eigenvalue weighted by Gasteiger charge is 2.42. The molecular weight excluding hydrogens is 196 g/mol. The summed E-state index contributed by atoms with van der Waals surface area (Å²) in [6.45, 7) is 1.13. The van der Waals surface area contributed by atoms with Crippen molar-refractivity contribution in [2.75, 3.05) is 6.54 Å². The quantitative estimate of drug-likeness (QED) is 0.787. The molecule has 0 aromatic heterocycles. The minimum atomic E-state index is 0.443. The van der Waals surface area contributed by atoms with Crippen molar-refractivity contribution in [2.24, 2.45) is 17.6 Å². The van der Waals surface area contributed by atoms with Gasteiger partial charge in [-0.1, -0.05) is 30.3 Å². The molecule has 1 aromatic rings. The Morgan fingerprint density at radius 3 is 2.75 bits per heavy atom. The molecule has 2 fully saturated rings. The van der Waals surface area contributed by atoms with Crippen LogP contribution in [-0.2, 0) is 6.42 Å². The fourth-order valence-corrected chi connectivity index (χ4v) is 3.46. The van der Waals surface area contributed by atoms with Crippen molar-refractivity contribution in [1.29, 1.82) is 0 Å². The van der Waals surface area contributed by atoms with Crippen molar-refractivity contribution in [3.63, 3.8) is 0 Å². The van der Waals surface area contributed by atoms with Crippen LogP contribution in [0.1, 0.15) is 18.4 Å². The van der Waals surface area contributed by atoms with Gasteiger partial charge < -0.3 is 11.1 Å². The van der Waals surface area contributed by atoms with Crippen LogP contribution in [0.5, 0.6) is 0 Å². The van der Waals surface area contributed by atoms with Gasteiger partial charge in [0.05, 0.1) is 0 Å². The fourth-order valence-electron chi connectivity index (χ4n) is 3.46. The Labute approximate surface area is 97.2 Å². The first-order chi connectivity index (χ1) is 7.84. The molecule has 0 spiro atoms. The van der Waals surface area contributed by atoms with Gasteiger partial charge in [0.15, 0.2) is 0 Å². The SMILES string of the molecule is NC1CCC2C(Cc3ccccc3)NCC12. The third-order valence-electron chi connectivity index (χ3n) is 4.36. The summed E-state index contributed by atoms with van der Waals surface area (Å²) in [5.74, 6) is 1.55. The fraction of sp³-hybridized carbons (Fsp3) is 0.571. The summed E-state index contributed by atoms with van der Waals surface area (Å²) < 4.78 is 0. The number of hydrogen-bond acceptors (Lipinski definition) is 2. The first-order valence-corrected chi connectivity index (χ1v) is 6.37. The summed E-state index contributed by atoms with van der Waals surface area (Å²) in [4.78, 5) is 0. The Hall–Kier alpha value is -0.860. The van der Waals surface area contributed by atoms with E-state index in [1.54, 1.807) is 0 Å². The maximum atomic E-state index is 6.14. The normalized spacial score (nSPS) is 37.6. The molecule has 1 aromatic carbocycles. The van der Waals surface area contributed by atoms with E-state index in [4.69, 9.17) is 5.73 Å². The van der Waals surface area contributed by atoms with E-state index in [9.17, 15) is 0 Å². The summed E-state index contributed by atoms with van der Waals surface area (Å²) in [7, 11) is 0. The molecule has 0 bridgehead atoms. The molecule has 3 rings (SSSR count). The number of fused-ring (bicyclic) bond motifs is 1. The molecule has 0 radical (unpaired) electrons. The molecule has 0 amide bonds. The Morgan fingerprint density at radius 1 is 1.12 bits per heavy atom. The molecule has 2 nitrogen and oxygen atoms in total. The standard InChI is InChI=1S/C14H20N2/c15-13-7-6-11-12(13)9-16-14(11)8-10-4-2-1-3-5-10/h1-5,11-14,16H,6-9,15H2.